The largest absolute Gasteiger partial charge is 0.0990 e. The van der Waals surface area contributed by atoms with Crippen LogP contribution in [0, 0.1) is 24.2 Å². The molecule has 3 rings (SSSR count). The van der Waals surface area contributed by atoms with Gasteiger partial charge in [0.05, 0.1) is 0 Å². The molecule has 0 bridgehead atoms. The first-order valence-corrected chi connectivity index (χ1v) is 13.3. The lowest BCUT2D eigenvalue weighted by molar-refractivity contribution is 0.175. The average molecular weight is 421 g/mol. The van der Waals surface area contributed by atoms with Gasteiger partial charge in [-0.3, -0.25) is 0 Å². The van der Waals surface area contributed by atoms with Crippen LogP contribution in [0.1, 0.15) is 121 Å². The van der Waals surface area contributed by atoms with Gasteiger partial charge < -0.3 is 0 Å². The van der Waals surface area contributed by atoms with Crippen LogP contribution in [0.15, 0.2) is 35.9 Å². The van der Waals surface area contributed by atoms with Crippen LogP contribution in [0.2, 0.25) is 0 Å². The highest BCUT2D eigenvalue weighted by molar-refractivity contribution is 5.46. The summed E-state index contributed by atoms with van der Waals surface area (Å²) in [5.74, 6) is 2.05. The van der Waals surface area contributed by atoms with Gasteiger partial charge in [-0.1, -0.05) is 82.9 Å². The van der Waals surface area contributed by atoms with E-state index in [2.05, 4.69) is 66.3 Å². The number of hydrogen-bond donors (Lipinski definition) is 0. The van der Waals surface area contributed by atoms with E-state index in [1.54, 1.807) is 22.3 Å². The van der Waals surface area contributed by atoms with Crippen LogP contribution < -0.4 is 0 Å². The molecule has 172 valence electrons. The summed E-state index contributed by atoms with van der Waals surface area (Å²) >= 11 is 0. The molecule has 2 atom stereocenters. The fraction of sp³-hybridized carbons (Fsp3) is 0.677. The fourth-order valence-corrected chi connectivity index (χ4v) is 6.41. The van der Waals surface area contributed by atoms with Crippen LogP contribution >= 0.6 is 0 Å². The van der Waals surface area contributed by atoms with Gasteiger partial charge in [0.15, 0.2) is 0 Å². The highest BCUT2D eigenvalue weighted by Crippen LogP contribution is 2.51. The Morgan fingerprint density at radius 3 is 2.45 bits per heavy atom. The van der Waals surface area contributed by atoms with Gasteiger partial charge in [-0.15, -0.1) is 0 Å². The molecule has 2 aliphatic carbocycles. The third-order valence-electron chi connectivity index (χ3n) is 8.73. The number of aryl methyl sites for hydroxylation is 2. The predicted molar refractivity (Wildman–Crippen MR) is 138 cm³/mol. The molecular formula is C31H48. The highest BCUT2D eigenvalue weighted by atomic mass is 14.4. The maximum atomic E-state index is 4.69. The number of benzene rings is 1. The topological polar surface area (TPSA) is 0 Å². The zero-order valence-corrected chi connectivity index (χ0v) is 21.4. The number of hydrogen-bond acceptors (Lipinski definition) is 0. The van der Waals surface area contributed by atoms with E-state index in [0.717, 1.165) is 18.3 Å². The number of rotatable bonds is 10. The molecular weight excluding hydrogens is 372 g/mol. The lowest BCUT2D eigenvalue weighted by Crippen LogP contribution is -2.31. The Morgan fingerprint density at radius 1 is 1.13 bits per heavy atom. The van der Waals surface area contributed by atoms with Gasteiger partial charge >= 0.3 is 0 Å². The van der Waals surface area contributed by atoms with Crippen LogP contribution in [0.25, 0.3) is 0 Å². The van der Waals surface area contributed by atoms with E-state index >= 15 is 0 Å². The van der Waals surface area contributed by atoms with Gasteiger partial charge in [0, 0.05) is 5.92 Å². The first-order chi connectivity index (χ1) is 14.8. The number of allylic oxidation sites excluding steroid dienone is 3. The number of unbranched alkanes of at least 4 members (excludes halogenated alkanes) is 2. The second-order valence-electron chi connectivity index (χ2n) is 11.2. The Bertz CT molecular complexity index is 781. The molecule has 0 aliphatic heterocycles. The molecule has 31 heavy (non-hydrogen) atoms. The normalized spacial score (nSPS) is 22.9. The minimum Gasteiger partial charge on any atom is -0.0990 e. The van der Waals surface area contributed by atoms with E-state index in [4.69, 9.17) is 0 Å². The predicted octanol–water partition coefficient (Wildman–Crippen LogP) is 9.50. The van der Waals surface area contributed by atoms with Crippen LogP contribution in [0.3, 0.4) is 0 Å². The minimum atomic E-state index is 0.416. The van der Waals surface area contributed by atoms with Crippen molar-refractivity contribution < 1.29 is 0 Å². The molecule has 1 aromatic carbocycles. The Labute approximate surface area is 193 Å². The summed E-state index contributed by atoms with van der Waals surface area (Å²) < 4.78 is 0. The second-order valence-corrected chi connectivity index (χ2v) is 11.2. The molecule has 0 amide bonds. The van der Waals surface area contributed by atoms with E-state index in [-0.39, 0.29) is 0 Å². The molecule has 0 saturated heterocycles. The Morgan fingerprint density at radius 2 is 1.87 bits per heavy atom. The van der Waals surface area contributed by atoms with Crippen LogP contribution in [-0.4, -0.2) is 0 Å². The van der Waals surface area contributed by atoms with Crippen molar-refractivity contribution in [2.75, 3.05) is 0 Å². The summed E-state index contributed by atoms with van der Waals surface area (Å²) in [6.45, 7) is 19.0. The van der Waals surface area contributed by atoms with Crippen molar-refractivity contribution >= 4 is 0 Å². The van der Waals surface area contributed by atoms with E-state index < -0.39 is 0 Å². The van der Waals surface area contributed by atoms with Crippen molar-refractivity contribution in [3.05, 3.63) is 58.2 Å². The van der Waals surface area contributed by atoms with Crippen LogP contribution in [0.4, 0.5) is 0 Å². The average Bonchev–Trinajstić information content (AvgIpc) is 2.67. The van der Waals surface area contributed by atoms with Crippen molar-refractivity contribution in [1.29, 1.82) is 0 Å². The standard InChI is InChI=1S/C31H48/c1-8-10-11-13-26-19-24(6)30(29-18-23(5)14-15-28(29)22(3)4)27(21-26)20-25(7)31(9-2)16-12-17-31/h18-19,21-22,28-29H,7-17,20H2,1-6H3. The Balaban J connectivity index is 2.01. The zero-order chi connectivity index (χ0) is 22.6. The van der Waals surface area contributed by atoms with Gasteiger partial charge in [0.1, 0.15) is 0 Å². The van der Waals surface area contributed by atoms with Crippen LogP contribution in [-0.2, 0) is 12.8 Å². The van der Waals surface area contributed by atoms with Crippen molar-refractivity contribution in [1.82, 2.24) is 0 Å². The summed E-state index contributed by atoms with van der Waals surface area (Å²) in [5, 5.41) is 0. The molecule has 1 aromatic rings. The molecule has 0 heteroatoms. The fourth-order valence-electron chi connectivity index (χ4n) is 6.41. The Hall–Kier alpha value is -1.30. The first-order valence-electron chi connectivity index (χ1n) is 13.3. The van der Waals surface area contributed by atoms with Gasteiger partial charge in [0.2, 0.25) is 0 Å². The molecule has 2 unspecified atom stereocenters. The molecule has 0 N–H and O–H groups in total. The molecule has 0 radical (unpaired) electrons. The SMILES string of the molecule is C=C(Cc1cc(CCCCC)cc(C)c1C1C=C(C)CCC1C(C)C)C1(CC)CCC1. The highest BCUT2D eigenvalue weighted by Gasteiger charge is 2.38. The zero-order valence-electron chi connectivity index (χ0n) is 21.4. The molecule has 0 heterocycles. The van der Waals surface area contributed by atoms with Gasteiger partial charge in [0.25, 0.3) is 0 Å². The molecule has 0 aromatic heterocycles. The van der Waals surface area contributed by atoms with Crippen molar-refractivity contribution in [3.63, 3.8) is 0 Å². The third kappa shape index (κ3) is 5.37. The maximum absolute atomic E-state index is 4.69. The lowest BCUT2D eigenvalue weighted by atomic mass is 9.61. The van der Waals surface area contributed by atoms with E-state index in [1.807, 2.05) is 0 Å². The lowest BCUT2D eigenvalue weighted by Gasteiger charge is -2.44. The van der Waals surface area contributed by atoms with Crippen LogP contribution in [0.5, 0.6) is 0 Å². The van der Waals surface area contributed by atoms with Crippen molar-refractivity contribution in [3.8, 4) is 0 Å². The summed E-state index contributed by atoms with van der Waals surface area (Å²) in [7, 11) is 0. The third-order valence-corrected chi connectivity index (χ3v) is 8.73. The minimum absolute atomic E-state index is 0.416. The summed E-state index contributed by atoms with van der Waals surface area (Å²) in [4.78, 5) is 0. The smallest absolute Gasteiger partial charge is 0.00568 e. The molecule has 1 saturated carbocycles. The van der Waals surface area contributed by atoms with Gasteiger partial charge in [-0.2, -0.15) is 0 Å². The molecule has 0 spiro atoms. The van der Waals surface area contributed by atoms with Gasteiger partial charge in [-0.05, 0) is 105 Å². The summed E-state index contributed by atoms with van der Waals surface area (Å²) in [6, 6.07) is 5.10. The quantitative estimate of drug-likeness (QED) is 0.261. The Kier molecular flexibility index (Phi) is 8.28. The monoisotopic (exact) mass is 420 g/mol. The first kappa shape index (κ1) is 24.3. The molecule has 1 fully saturated rings. The van der Waals surface area contributed by atoms with E-state index in [0.29, 0.717) is 11.3 Å². The summed E-state index contributed by atoms with van der Waals surface area (Å²) in [5.41, 5.74) is 9.82. The maximum Gasteiger partial charge on any atom is 0.00568 e. The summed E-state index contributed by atoms with van der Waals surface area (Å²) in [6.07, 6.45) is 16.8. The van der Waals surface area contributed by atoms with E-state index in [9.17, 15) is 0 Å². The second kappa shape index (κ2) is 10.5. The van der Waals surface area contributed by atoms with Gasteiger partial charge in [-0.25, -0.2) is 0 Å². The van der Waals surface area contributed by atoms with E-state index in [1.165, 1.54) is 75.3 Å². The van der Waals surface area contributed by atoms with Crippen molar-refractivity contribution in [2.24, 2.45) is 17.3 Å². The molecule has 2 aliphatic rings. The molecule has 0 nitrogen and oxygen atoms in total. The van der Waals surface area contributed by atoms with Crippen molar-refractivity contribution in [2.45, 2.75) is 118 Å².